The summed E-state index contributed by atoms with van der Waals surface area (Å²) in [5.41, 5.74) is 2.11. The van der Waals surface area contributed by atoms with Crippen LogP contribution in [-0.2, 0) is 6.54 Å². The zero-order chi connectivity index (χ0) is 16.1. The number of rotatable bonds is 4. The zero-order valence-electron chi connectivity index (χ0n) is 12.1. The van der Waals surface area contributed by atoms with E-state index in [9.17, 15) is 9.18 Å². The van der Waals surface area contributed by atoms with E-state index in [0.29, 0.717) is 11.3 Å². The zero-order valence-corrected chi connectivity index (χ0v) is 12.9. The number of anilines is 1. The first kappa shape index (κ1) is 15.2. The van der Waals surface area contributed by atoms with Gasteiger partial charge in [-0.2, -0.15) is 0 Å². The van der Waals surface area contributed by atoms with E-state index in [1.54, 1.807) is 47.9 Å². The molecule has 0 aliphatic heterocycles. The normalized spacial score (nSPS) is 10.3. The van der Waals surface area contributed by atoms with Gasteiger partial charge in [0, 0.05) is 34.9 Å². The van der Waals surface area contributed by atoms with Crippen LogP contribution in [0.5, 0.6) is 0 Å². The average molecular weight is 327 g/mol. The van der Waals surface area contributed by atoms with Gasteiger partial charge in [-0.25, -0.2) is 14.2 Å². The number of hydrogen-bond acceptors (Lipinski definition) is 3. The van der Waals surface area contributed by atoms with Crippen molar-refractivity contribution in [1.29, 1.82) is 0 Å². The predicted molar refractivity (Wildman–Crippen MR) is 89.8 cm³/mol. The number of aromatic nitrogens is 1. The van der Waals surface area contributed by atoms with Crippen LogP contribution in [0.1, 0.15) is 5.56 Å². The molecule has 116 valence electrons. The summed E-state index contributed by atoms with van der Waals surface area (Å²) in [5.74, 6) is -0.333. The highest BCUT2D eigenvalue weighted by Gasteiger charge is 2.05. The molecule has 0 saturated heterocycles. The maximum Gasteiger partial charge on any atom is 0.319 e. The summed E-state index contributed by atoms with van der Waals surface area (Å²) in [4.78, 5) is 16.1. The second kappa shape index (κ2) is 7.02. The van der Waals surface area contributed by atoms with E-state index in [1.165, 1.54) is 6.07 Å². The fourth-order valence-corrected chi connectivity index (χ4v) is 2.70. The quantitative estimate of drug-likeness (QED) is 0.752. The summed E-state index contributed by atoms with van der Waals surface area (Å²) in [6, 6.07) is 13.4. The molecule has 0 saturated carbocycles. The maximum atomic E-state index is 13.5. The van der Waals surface area contributed by atoms with Crippen molar-refractivity contribution in [3.63, 3.8) is 0 Å². The lowest BCUT2D eigenvalue weighted by atomic mass is 10.2. The fraction of sp³-hybridized carbons (Fsp3) is 0.0588. The Morgan fingerprint density at radius 2 is 1.91 bits per heavy atom. The van der Waals surface area contributed by atoms with Crippen LogP contribution in [0.2, 0.25) is 0 Å². The van der Waals surface area contributed by atoms with Gasteiger partial charge in [0.1, 0.15) is 10.8 Å². The van der Waals surface area contributed by atoms with Crippen molar-refractivity contribution < 1.29 is 9.18 Å². The van der Waals surface area contributed by atoms with Gasteiger partial charge in [0.15, 0.2) is 0 Å². The number of hydrogen-bond donors (Lipinski definition) is 2. The second-order valence-corrected chi connectivity index (χ2v) is 5.71. The van der Waals surface area contributed by atoms with E-state index in [4.69, 9.17) is 0 Å². The van der Waals surface area contributed by atoms with Gasteiger partial charge in [0.2, 0.25) is 0 Å². The minimum atomic E-state index is -0.379. The monoisotopic (exact) mass is 327 g/mol. The predicted octanol–water partition coefficient (Wildman–Crippen LogP) is 4.27. The van der Waals surface area contributed by atoms with Gasteiger partial charge in [0.25, 0.3) is 0 Å². The Kier molecular flexibility index (Phi) is 4.63. The first-order valence-electron chi connectivity index (χ1n) is 7.00. The molecule has 0 aliphatic carbocycles. The third kappa shape index (κ3) is 3.92. The van der Waals surface area contributed by atoms with E-state index in [-0.39, 0.29) is 18.4 Å². The maximum absolute atomic E-state index is 13.5. The topological polar surface area (TPSA) is 54.0 Å². The number of amides is 2. The Bertz CT molecular complexity index is 788. The standard InChI is InChI=1S/C17H14FN3OS/c18-15-4-2-1-3-13(15)11-20-17(22)21-14-7-5-12(6-8-14)16-19-9-10-23-16/h1-10H,11H2,(H2,20,21,22). The number of nitrogens with zero attached hydrogens (tertiary/aromatic N) is 1. The number of halogens is 1. The van der Waals surface area contributed by atoms with Crippen LogP contribution < -0.4 is 10.6 Å². The number of thiazole rings is 1. The summed E-state index contributed by atoms with van der Waals surface area (Å²) >= 11 is 1.56. The van der Waals surface area contributed by atoms with Gasteiger partial charge in [-0.1, -0.05) is 18.2 Å². The Balaban J connectivity index is 1.57. The Labute approximate surface area is 137 Å². The summed E-state index contributed by atoms with van der Waals surface area (Å²) in [6.07, 6.45) is 1.75. The summed E-state index contributed by atoms with van der Waals surface area (Å²) in [6.45, 7) is 0.135. The van der Waals surface area contributed by atoms with Crippen molar-refractivity contribution in [1.82, 2.24) is 10.3 Å². The number of benzene rings is 2. The molecule has 3 rings (SSSR count). The van der Waals surface area contributed by atoms with Crippen LogP contribution in [0.3, 0.4) is 0 Å². The molecule has 0 spiro atoms. The lowest BCUT2D eigenvalue weighted by molar-refractivity contribution is 0.251. The van der Waals surface area contributed by atoms with Gasteiger partial charge in [-0.05, 0) is 30.3 Å². The van der Waals surface area contributed by atoms with E-state index in [1.807, 2.05) is 17.5 Å². The van der Waals surface area contributed by atoms with Crippen LogP contribution in [0.25, 0.3) is 10.6 Å². The number of carbonyl (C=O) groups excluding carboxylic acids is 1. The highest BCUT2D eigenvalue weighted by atomic mass is 32.1. The van der Waals surface area contributed by atoms with E-state index < -0.39 is 0 Å². The first-order valence-corrected chi connectivity index (χ1v) is 7.88. The second-order valence-electron chi connectivity index (χ2n) is 4.81. The molecule has 0 aliphatic rings. The molecule has 2 aromatic carbocycles. The van der Waals surface area contributed by atoms with Crippen LogP contribution >= 0.6 is 11.3 Å². The molecule has 3 aromatic rings. The van der Waals surface area contributed by atoms with Crippen LogP contribution in [0.15, 0.2) is 60.1 Å². The Hall–Kier alpha value is -2.73. The van der Waals surface area contributed by atoms with Gasteiger partial charge < -0.3 is 10.6 Å². The number of carbonyl (C=O) groups is 1. The molecule has 23 heavy (non-hydrogen) atoms. The van der Waals surface area contributed by atoms with Crippen LogP contribution in [0, 0.1) is 5.82 Å². The molecule has 2 N–H and O–H groups in total. The molecule has 0 unspecified atom stereocenters. The van der Waals surface area contributed by atoms with Crippen molar-refractivity contribution in [2.45, 2.75) is 6.54 Å². The van der Waals surface area contributed by atoms with Crippen molar-refractivity contribution in [3.8, 4) is 10.6 Å². The van der Waals surface area contributed by atoms with Crippen molar-refractivity contribution in [3.05, 3.63) is 71.5 Å². The summed E-state index contributed by atoms with van der Waals surface area (Å²) in [7, 11) is 0. The molecule has 6 heteroatoms. The van der Waals surface area contributed by atoms with Gasteiger partial charge in [0.05, 0.1) is 0 Å². The van der Waals surface area contributed by atoms with E-state index in [2.05, 4.69) is 15.6 Å². The summed E-state index contributed by atoms with van der Waals surface area (Å²) < 4.78 is 13.5. The van der Waals surface area contributed by atoms with Crippen LogP contribution in [-0.4, -0.2) is 11.0 Å². The molecule has 2 amide bonds. The summed E-state index contributed by atoms with van der Waals surface area (Å²) in [5, 5.41) is 8.19. The molecular formula is C17H14FN3OS. The highest BCUT2D eigenvalue weighted by Crippen LogP contribution is 2.23. The molecule has 4 nitrogen and oxygen atoms in total. The smallest absolute Gasteiger partial charge is 0.319 e. The third-order valence-electron chi connectivity index (χ3n) is 3.22. The van der Waals surface area contributed by atoms with E-state index >= 15 is 0 Å². The molecule has 0 bridgehead atoms. The lowest BCUT2D eigenvalue weighted by Crippen LogP contribution is -2.28. The number of urea groups is 1. The highest BCUT2D eigenvalue weighted by molar-refractivity contribution is 7.13. The largest absolute Gasteiger partial charge is 0.334 e. The average Bonchev–Trinajstić information content (AvgIpc) is 3.09. The van der Waals surface area contributed by atoms with Crippen molar-refractivity contribution in [2.24, 2.45) is 0 Å². The molecule has 1 heterocycles. The Morgan fingerprint density at radius 1 is 1.13 bits per heavy atom. The van der Waals surface area contributed by atoms with Gasteiger partial charge >= 0.3 is 6.03 Å². The van der Waals surface area contributed by atoms with E-state index in [0.717, 1.165) is 10.6 Å². The minimum absolute atomic E-state index is 0.135. The SMILES string of the molecule is O=C(NCc1ccccc1F)Nc1ccc(-c2nccs2)cc1. The first-order chi connectivity index (χ1) is 11.2. The van der Waals surface area contributed by atoms with Crippen molar-refractivity contribution in [2.75, 3.05) is 5.32 Å². The lowest BCUT2D eigenvalue weighted by Gasteiger charge is -2.08. The molecule has 0 fully saturated rings. The molecular weight excluding hydrogens is 313 g/mol. The minimum Gasteiger partial charge on any atom is -0.334 e. The molecule has 1 aromatic heterocycles. The molecule has 0 radical (unpaired) electrons. The Morgan fingerprint density at radius 3 is 2.61 bits per heavy atom. The molecule has 0 atom stereocenters. The number of nitrogens with one attached hydrogen (secondary N) is 2. The van der Waals surface area contributed by atoms with Gasteiger partial charge in [-0.3, -0.25) is 0 Å². The third-order valence-corrected chi connectivity index (χ3v) is 4.04. The van der Waals surface area contributed by atoms with Gasteiger partial charge in [-0.15, -0.1) is 11.3 Å². The van der Waals surface area contributed by atoms with Crippen molar-refractivity contribution >= 4 is 23.1 Å². The fourth-order valence-electron chi connectivity index (χ4n) is 2.05. The van der Waals surface area contributed by atoms with Crippen LogP contribution in [0.4, 0.5) is 14.9 Å².